The van der Waals surface area contributed by atoms with Gasteiger partial charge in [-0.3, -0.25) is 0 Å². The minimum atomic E-state index is -0.972. The molecule has 1 saturated heterocycles. The lowest BCUT2D eigenvalue weighted by atomic mass is 10.2. The van der Waals surface area contributed by atoms with Crippen LogP contribution in [-0.4, -0.2) is 48.3 Å². The van der Waals surface area contributed by atoms with Gasteiger partial charge in [0.15, 0.2) is 0 Å². The molecule has 114 valence electrons. The Balaban J connectivity index is 1.85. The van der Waals surface area contributed by atoms with Crippen LogP contribution < -0.4 is 5.32 Å². The highest BCUT2D eigenvalue weighted by molar-refractivity contribution is 7.11. The molecule has 0 aliphatic carbocycles. The summed E-state index contributed by atoms with van der Waals surface area (Å²) in [5.74, 6) is -0.972. The van der Waals surface area contributed by atoms with Gasteiger partial charge >= 0.3 is 12.0 Å². The van der Waals surface area contributed by atoms with Crippen molar-refractivity contribution in [2.24, 2.45) is 0 Å². The van der Waals surface area contributed by atoms with Gasteiger partial charge in [-0.1, -0.05) is 0 Å². The SMILES string of the molecule is CN(Cc1csc(/C=C/C(=O)O)c1)C(=O)NC1CCOC1. The van der Waals surface area contributed by atoms with Gasteiger partial charge in [0, 0.05) is 31.2 Å². The summed E-state index contributed by atoms with van der Waals surface area (Å²) in [6.07, 6.45) is 3.50. The van der Waals surface area contributed by atoms with E-state index in [-0.39, 0.29) is 12.1 Å². The standard InChI is InChI=1S/C14H18N2O4S/c1-16(14(19)15-11-4-5-20-8-11)7-10-6-12(21-9-10)2-3-13(17)18/h2-3,6,9,11H,4-5,7-8H2,1H3,(H,15,19)(H,17,18)/b3-2+. The van der Waals surface area contributed by atoms with Crippen LogP contribution in [0.1, 0.15) is 16.9 Å². The molecule has 1 atom stereocenters. The van der Waals surface area contributed by atoms with Crippen molar-refractivity contribution >= 4 is 29.4 Å². The number of carboxylic acid groups (broad SMARTS) is 1. The first-order valence-electron chi connectivity index (χ1n) is 6.62. The molecule has 0 spiro atoms. The molecule has 21 heavy (non-hydrogen) atoms. The second kappa shape index (κ2) is 7.24. The highest BCUT2D eigenvalue weighted by Gasteiger charge is 2.19. The van der Waals surface area contributed by atoms with Crippen molar-refractivity contribution in [3.8, 4) is 0 Å². The van der Waals surface area contributed by atoms with Crippen LogP contribution in [0.4, 0.5) is 4.79 Å². The highest BCUT2D eigenvalue weighted by atomic mass is 32.1. The Hall–Kier alpha value is -1.86. The molecule has 1 aromatic heterocycles. The average molecular weight is 310 g/mol. The molecule has 0 aromatic carbocycles. The lowest BCUT2D eigenvalue weighted by Crippen LogP contribution is -2.42. The number of carbonyl (C=O) groups excluding carboxylic acids is 1. The van der Waals surface area contributed by atoms with Crippen molar-refractivity contribution in [1.82, 2.24) is 10.2 Å². The number of aliphatic carboxylic acids is 1. The van der Waals surface area contributed by atoms with Crippen molar-refractivity contribution in [3.63, 3.8) is 0 Å². The Bertz CT molecular complexity index is 535. The van der Waals surface area contributed by atoms with Gasteiger partial charge in [0.2, 0.25) is 0 Å². The van der Waals surface area contributed by atoms with E-state index in [2.05, 4.69) is 5.32 Å². The third kappa shape index (κ3) is 4.87. The van der Waals surface area contributed by atoms with Crippen LogP contribution >= 0.6 is 11.3 Å². The van der Waals surface area contributed by atoms with E-state index in [1.54, 1.807) is 18.0 Å². The Morgan fingerprint density at radius 3 is 3.10 bits per heavy atom. The zero-order chi connectivity index (χ0) is 15.2. The molecular formula is C14H18N2O4S. The number of urea groups is 1. The number of hydrogen-bond acceptors (Lipinski definition) is 4. The van der Waals surface area contributed by atoms with E-state index >= 15 is 0 Å². The molecule has 7 heteroatoms. The van der Waals surface area contributed by atoms with Crippen LogP contribution in [0, 0.1) is 0 Å². The van der Waals surface area contributed by atoms with E-state index in [1.165, 1.54) is 11.3 Å². The van der Waals surface area contributed by atoms with E-state index in [0.717, 1.165) is 22.9 Å². The van der Waals surface area contributed by atoms with Crippen molar-refractivity contribution in [2.75, 3.05) is 20.3 Å². The summed E-state index contributed by atoms with van der Waals surface area (Å²) in [7, 11) is 1.73. The lowest BCUT2D eigenvalue weighted by molar-refractivity contribution is -0.131. The Kier molecular flexibility index (Phi) is 5.35. The predicted molar refractivity (Wildman–Crippen MR) is 80.2 cm³/mol. The van der Waals surface area contributed by atoms with Gasteiger partial charge in [-0.2, -0.15) is 0 Å². The minimum absolute atomic E-state index is 0.0940. The van der Waals surface area contributed by atoms with Gasteiger partial charge in [0.25, 0.3) is 0 Å². The van der Waals surface area contributed by atoms with Crippen LogP contribution in [0.2, 0.25) is 0 Å². The first-order valence-corrected chi connectivity index (χ1v) is 7.50. The summed E-state index contributed by atoms with van der Waals surface area (Å²) in [6.45, 7) is 1.75. The second-order valence-electron chi connectivity index (χ2n) is 4.89. The van der Waals surface area contributed by atoms with Crippen molar-refractivity contribution in [2.45, 2.75) is 19.0 Å². The van der Waals surface area contributed by atoms with E-state index in [0.29, 0.717) is 19.8 Å². The molecule has 1 fully saturated rings. The number of nitrogens with one attached hydrogen (secondary N) is 1. The summed E-state index contributed by atoms with van der Waals surface area (Å²) >= 11 is 1.45. The molecule has 1 unspecified atom stereocenters. The molecule has 0 radical (unpaired) electrons. The fourth-order valence-electron chi connectivity index (χ4n) is 2.00. The Labute approximate surface area is 127 Å². The second-order valence-corrected chi connectivity index (χ2v) is 5.84. The van der Waals surface area contributed by atoms with Crippen molar-refractivity contribution in [3.05, 3.63) is 28.0 Å². The van der Waals surface area contributed by atoms with Crippen LogP contribution in [0.15, 0.2) is 17.5 Å². The molecule has 1 aromatic rings. The number of carbonyl (C=O) groups is 2. The first-order chi connectivity index (χ1) is 10.0. The molecule has 0 saturated carbocycles. The zero-order valence-corrected chi connectivity index (χ0v) is 12.6. The van der Waals surface area contributed by atoms with Gasteiger partial charge in [0.1, 0.15) is 0 Å². The summed E-state index contributed by atoms with van der Waals surface area (Å²) in [4.78, 5) is 24.9. The lowest BCUT2D eigenvalue weighted by Gasteiger charge is -2.19. The summed E-state index contributed by atoms with van der Waals surface area (Å²) in [6, 6.07) is 1.85. The van der Waals surface area contributed by atoms with Gasteiger partial charge < -0.3 is 20.1 Å². The predicted octanol–water partition coefficient (Wildman–Crippen LogP) is 1.78. The van der Waals surface area contributed by atoms with Crippen LogP contribution in [0.3, 0.4) is 0 Å². The van der Waals surface area contributed by atoms with Crippen molar-refractivity contribution < 1.29 is 19.4 Å². The highest BCUT2D eigenvalue weighted by Crippen LogP contribution is 2.17. The van der Waals surface area contributed by atoms with E-state index in [4.69, 9.17) is 9.84 Å². The number of nitrogens with zero attached hydrogens (tertiary/aromatic N) is 1. The maximum absolute atomic E-state index is 12.0. The molecule has 2 amide bonds. The largest absolute Gasteiger partial charge is 0.478 e. The fraction of sp³-hybridized carbons (Fsp3) is 0.429. The zero-order valence-electron chi connectivity index (χ0n) is 11.7. The third-order valence-electron chi connectivity index (χ3n) is 3.09. The number of ether oxygens (including phenoxy) is 1. The van der Waals surface area contributed by atoms with Crippen LogP contribution in [0.5, 0.6) is 0 Å². The molecule has 1 aliphatic heterocycles. The smallest absolute Gasteiger partial charge is 0.328 e. The van der Waals surface area contributed by atoms with Gasteiger partial charge in [-0.05, 0) is 29.5 Å². The molecule has 2 rings (SSSR count). The van der Waals surface area contributed by atoms with Crippen LogP contribution in [-0.2, 0) is 16.1 Å². The fourth-order valence-corrected chi connectivity index (χ4v) is 2.79. The monoisotopic (exact) mass is 310 g/mol. The minimum Gasteiger partial charge on any atom is -0.478 e. The summed E-state index contributed by atoms with van der Waals surface area (Å²) in [5.41, 5.74) is 0.977. The number of rotatable bonds is 5. The van der Waals surface area contributed by atoms with Gasteiger partial charge in [-0.25, -0.2) is 9.59 Å². The van der Waals surface area contributed by atoms with Gasteiger partial charge in [0.05, 0.1) is 12.6 Å². The Morgan fingerprint density at radius 2 is 2.43 bits per heavy atom. The van der Waals surface area contributed by atoms with Crippen molar-refractivity contribution in [1.29, 1.82) is 0 Å². The number of hydrogen-bond donors (Lipinski definition) is 2. The first kappa shape index (κ1) is 15.5. The maximum Gasteiger partial charge on any atom is 0.328 e. The number of thiophene rings is 1. The molecule has 1 aliphatic rings. The van der Waals surface area contributed by atoms with Gasteiger partial charge in [-0.15, -0.1) is 11.3 Å². The normalized spacial score (nSPS) is 18.0. The molecule has 6 nitrogen and oxygen atoms in total. The summed E-state index contributed by atoms with van der Waals surface area (Å²) in [5, 5.41) is 13.4. The van der Waals surface area contributed by atoms with E-state index in [9.17, 15) is 9.59 Å². The third-order valence-corrected chi connectivity index (χ3v) is 4.03. The molecular weight excluding hydrogens is 292 g/mol. The van der Waals surface area contributed by atoms with Crippen LogP contribution in [0.25, 0.3) is 6.08 Å². The average Bonchev–Trinajstić information content (AvgIpc) is 3.08. The molecule has 2 N–H and O–H groups in total. The Morgan fingerprint density at radius 1 is 1.62 bits per heavy atom. The van der Waals surface area contributed by atoms with E-state index < -0.39 is 5.97 Å². The topological polar surface area (TPSA) is 78.9 Å². The summed E-state index contributed by atoms with van der Waals surface area (Å²) < 4.78 is 5.22. The molecule has 2 heterocycles. The number of amides is 2. The quantitative estimate of drug-likeness (QED) is 0.813. The number of carboxylic acids is 1. The maximum atomic E-state index is 12.0. The molecule has 0 bridgehead atoms. The van der Waals surface area contributed by atoms with E-state index in [1.807, 2.05) is 11.4 Å².